The molecule has 0 saturated heterocycles. The monoisotopic (exact) mass is 223 g/mol. The van der Waals surface area contributed by atoms with Gasteiger partial charge in [0.25, 0.3) is 0 Å². The van der Waals surface area contributed by atoms with Crippen LogP contribution in [0.1, 0.15) is 26.3 Å². The molecule has 1 aromatic heterocycles. The molecule has 0 aliphatic rings. The molecule has 1 aromatic rings. The van der Waals surface area contributed by atoms with E-state index < -0.39 is 8.32 Å². The molecule has 0 aliphatic carbocycles. The van der Waals surface area contributed by atoms with E-state index in [2.05, 4.69) is 51.5 Å². The largest absolute Gasteiger partial charge is 0.543 e. The zero-order valence-electron chi connectivity index (χ0n) is 10.6. The van der Waals surface area contributed by atoms with Crippen LogP contribution in [-0.4, -0.2) is 13.3 Å². The Labute approximate surface area is 93.8 Å². The quantitative estimate of drug-likeness (QED) is 0.715. The van der Waals surface area contributed by atoms with Gasteiger partial charge >= 0.3 is 0 Å². The summed E-state index contributed by atoms with van der Waals surface area (Å²) in [7, 11) is -1.52. The smallest absolute Gasteiger partial charge is 0.242 e. The van der Waals surface area contributed by atoms with E-state index >= 15 is 0 Å². The van der Waals surface area contributed by atoms with Crippen LogP contribution < -0.4 is 4.43 Å². The third-order valence-corrected chi connectivity index (χ3v) is 2.85. The normalized spacial score (nSPS) is 12.7. The SMILES string of the molecule is CC(C)(C)c1cncc(O[Si](C)(C)C)c1. The molecule has 84 valence electrons. The lowest BCUT2D eigenvalue weighted by molar-refractivity contribution is 0.540. The van der Waals surface area contributed by atoms with Gasteiger partial charge in [0.15, 0.2) is 0 Å². The van der Waals surface area contributed by atoms with E-state index in [4.69, 9.17) is 4.43 Å². The van der Waals surface area contributed by atoms with Crippen molar-refractivity contribution < 1.29 is 4.43 Å². The predicted octanol–water partition coefficient (Wildman–Crippen LogP) is 3.59. The van der Waals surface area contributed by atoms with Gasteiger partial charge in [0.05, 0.1) is 6.20 Å². The molecule has 0 fully saturated rings. The van der Waals surface area contributed by atoms with Crippen molar-refractivity contribution in [1.29, 1.82) is 0 Å². The number of hydrogen-bond acceptors (Lipinski definition) is 2. The average Bonchev–Trinajstić information content (AvgIpc) is 1.99. The van der Waals surface area contributed by atoms with Gasteiger partial charge in [0, 0.05) is 6.20 Å². The van der Waals surface area contributed by atoms with Crippen LogP contribution in [0.15, 0.2) is 18.5 Å². The summed E-state index contributed by atoms with van der Waals surface area (Å²) < 4.78 is 5.91. The lowest BCUT2D eigenvalue weighted by atomic mass is 9.88. The summed E-state index contributed by atoms with van der Waals surface area (Å²) >= 11 is 0. The summed E-state index contributed by atoms with van der Waals surface area (Å²) in [6.07, 6.45) is 3.71. The summed E-state index contributed by atoms with van der Waals surface area (Å²) in [5.74, 6) is 0.904. The van der Waals surface area contributed by atoms with Crippen LogP contribution in [0.2, 0.25) is 19.6 Å². The zero-order valence-corrected chi connectivity index (χ0v) is 11.6. The molecule has 0 aliphatic heterocycles. The van der Waals surface area contributed by atoms with Gasteiger partial charge in [0.1, 0.15) is 5.75 Å². The number of aromatic nitrogens is 1. The van der Waals surface area contributed by atoms with Gasteiger partial charge in [-0.1, -0.05) is 20.8 Å². The number of hydrogen-bond donors (Lipinski definition) is 0. The molecule has 0 radical (unpaired) electrons. The van der Waals surface area contributed by atoms with Crippen LogP contribution in [-0.2, 0) is 5.41 Å². The minimum Gasteiger partial charge on any atom is -0.543 e. The molecule has 15 heavy (non-hydrogen) atoms. The van der Waals surface area contributed by atoms with Gasteiger partial charge in [-0.2, -0.15) is 0 Å². The highest BCUT2D eigenvalue weighted by atomic mass is 28.4. The Morgan fingerprint density at radius 1 is 1.13 bits per heavy atom. The van der Waals surface area contributed by atoms with Crippen LogP contribution in [0.4, 0.5) is 0 Å². The second kappa shape index (κ2) is 3.97. The topological polar surface area (TPSA) is 22.1 Å². The lowest BCUT2D eigenvalue weighted by Crippen LogP contribution is -2.29. The highest BCUT2D eigenvalue weighted by Crippen LogP contribution is 2.25. The highest BCUT2D eigenvalue weighted by molar-refractivity contribution is 6.70. The minimum absolute atomic E-state index is 0.131. The first-order chi connectivity index (χ1) is 6.68. The Balaban J connectivity index is 2.94. The van der Waals surface area contributed by atoms with E-state index in [1.807, 2.05) is 6.20 Å². The third-order valence-electron chi connectivity index (χ3n) is 2.00. The minimum atomic E-state index is -1.52. The maximum absolute atomic E-state index is 5.91. The highest BCUT2D eigenvalue weighted by Gasteiger charge is 2.19. The lowest BCUT2D eigenvalue weighted by Gasteiger charge is -2.22. The third kappa shape index (κ3) is 4.04. The van der Waals surface area contributed by atoms with Crippen molar-refractivity contribution in [2.75, 3.05) is 0 Å². The van der Waals surface area contributed by atoms with Crippen molar-refractivity contribution in [3.8, 4) is 5.75 Å². The summed E-state index contributed by atoms with van der Waals surface area (Å²) in [6, 6.07) is 2.10. The summed E-state index contributed by atoms with van der Waals surface area (Å²) in [5.41, 5.74) is 1.35. The van der Waals surface area contributed by atoms with Crippen molar-refractivity contribution in [3.05, 3.63) is 24.0 Å². The first-order valence-electron chi connectivity index (χ1n) is 5.33. The predicted molar refractivity (Wildman–Crippen MR) is 66.9 cm³/mol. The van der Waals surface area contributed by atoms with E-state index in [1.165, 1.54) is 5.56 Å². The second-order valence-electron chi connectivity index (χ2n) is 5.87. The molecule has 1 rings (SSSR count). The fourth-order valence-electron chi connectivity index (χ4n) is 1.24. The Bertz CT molecular complexity index is 336. The van der Waals surface area contributed by atoms with E-state index in [-0.39, 0.29) is 5.41 Å². The molecule has 0 unspecified atom stereocenters. The van der Waals surface area contributed by atoms with Gasteiger partial charge in [-0.25, -0.2) is 0 Å². The van der Waals surface area contributed by atoms with Crippen molar-refractivity contribution >= 4 is 8.32 Å². The van der Waals surface area contributed by atoms with Crippen molar-refractivity contribution in [3.63, 3.8) is 0 Å². The molecule has 0 N–H and O–H groups in total. The fourth-order valence-corrected chi connectivity index (χ4v) is 2.06. The molecule has 0 amide bonds. The zero-order chi connectivity index (χ0) is 11.7. The average molecular weight is 223 g/mol. The van der Waals surface area contributed by atoms with Crippen molar-refractivity contribution in [1.82, 2.24) is 4.98 Å². The number of rotatable bonds is 2. The van der Waals surface area contributed by atoms with E-state index in [1.54, 1.807) is 6.20 Å². The van der Waals surface area contributed by atoms with Gasteiger partial charge in [-0.05, 0) is 36.7 Å². The fraction of sp³-hybridized carbons (Fsp3) is 0.583. The molecule has 0 saturated carbocycles. The molecule has 0 atom stereocenters. The molecule has 0 bridgehead atoms. The maximum atomic E-state index is 5.91. The molecule has 0 aromatic carbocycles. The van der Waals surface area contributed by atoms with Crippen LogP contribution in [0.5, 0.6) is 5.75 Å². The summed E-state index contributed by atoms with van der Waals surface area (Å²) in [6.45, 7) is 13.1. The van der Waals surface area contributed by atoms with Crippen LogP contribution in [0, 0.1) is 0 Å². The number of pyridine rings is 1. The standard InChI is InChI=1S/C12H21NOSi/c1-12(2,3)10-7-11(9-13-8-10)14-15(4,5)6/h7-9H,1-6H3. The Hall–Kier alpha value is -0.833. The van der Waals surface area contributed by atoms with Gasteiger partial charge < -0.3 is 4.43 Å². The molecule has 1 heterocycles. The molecular formula is C12H21NOSi. The molecule has 0 spiro atoms. The summed E-state index contributed by atoms with van der Waals surface area (Å²) in [4.78, 5) is 4.23. The second-order valence-corrected chi connectivity index (χ2v) is 10.3. The van der Waals surface area contributed by atoms with Gasteiger partial charge in [-0.3, -0.25) is 4.98 Å². The van der Waals surface area contributed by atoms with Crippen LogP contribution >= 0.6 is 0 Å². The van der Waals surface area contributed by atoms with Crippen molar-refractivity contribution in [2.45, 2.75) is 45.8 Å². The van der Waals surface area contributed by atoms with E-state index in [0.717, 1.165) is 5.75 Å². The Morgan fingerprint density at radius 2 is 1.73 bits per heavy atom. The Morgan fingerprint density at radius 3 is 2.20 bits per heavy atom. The first-order valence-corrected chi connectivity index (χ1v) is 8.74. The molecule has 3 heteroatoms. The van der Waals surface area contributed by atoms with Crippen LogP contribution in [0.25, 0.3) is 0 Å². The van der Waals surface area contributed by atoms with Crippen molar-refractivity contribution in [2.24, 2.45) is 0 Å². The Kier molecular flexibility index (Phi) is 3.24. The first kappa shape index (κ1) is 12.2. The van der Waals surface area contributed by atoms with Crippen LogP contribution in [0.3, 0.4) is 0 Å². The molecule has 2 nitrogen and oxygen atoms in total. The molecular weight excluding hydrogens is 202 g/mol. The maximum Gasteiger partial charge on any atom is 0.242 e. The van der Waals surface area contributed by atoms with Gasteiger partial charge in [0.2, 0.25) is 8.32 Å². The van der Waals surface area contributed by atoms with E-state index in [9.17, 15) is 0 Å². The van der Waals surface area contributed by atoms with Gasteiger partial charge in [-0.15, -0.1) is 0 Å². The number of nitrogens with zero attached hydrogens (tertiary/aromatic N) is 1. The summed E-state index contributed by atoms with van der Waals surface area (Å²) in [5, 5.41) is 0. The van der Waals surface area contributed by atoms with E-state index in [0.29, 0.717) is 0 Å².